The number of aryl methyl sites for hydroxylation is 1. The number of hydrogen-bond acceptors (Lipinski definition) is 9. The van der Waals surface area contributed by atoms with Gasteiger partial charge in [0.05, 0.1) is 23.9 Å². The zero-order valence-corrected chi connectivity index (χ0v) is 35.8. The van der Waals surface area contributed by atoms with Crippen molar-refractivity contribution in [3.05, 3.63) is 126 Å². The van der Waals surface area contributed by atoms with Crippen molar-refractivity contribution in [3.8, 4) is 11.5 Å². The summed E-state index contributed by atoms with van der Waals surface area (Å²) in [5.74, 6) is -0.509. The number of aliphatic hydroxyl groups is 2. The number of carbonyl (C=O) groups excluding carboxylic acids is 1. The Morgan fingerprint density at radius 2 is 1.75 bits per heavy atom. The number of nitrogens with zero attached hydrogens (tertiary/aromatic N) is 3. The lowest BCUT2D eigenvalue weighted by atomic mass is 9.55. The van der Waals surface area contributed by atoms with E-state index in [4.69, 9.17) is 24.2 Å². The summed E-state index contributed by atoms with van der Waals surface area (Å²) in [5.41, 5.74) is 4.50. The number of amides is 1. The zero-order valence-electron chi connectivity index (χ0n) is 35.8. The maximum Gasteiger partial charge on any atom is 0.254 e. The molecule has 318 valence electrons. The Labute approximate surface area is 354 Å². The summed E-state index contributed by atoms with van der Waals surface area (Å²) in [4.78, 5) is 27.5. The predicted molar refractivity (Wildman–Crippen MR) is 235 cm³/mol. The van der Waals surface area contributed by atoms with E-state index in [0.29, 0.717) is 42.9 Å². The number of pyridine rings is 1. The van der Waals surface area contributed by atoms with Crippen LogP contribution in [0.5, 0.6) is 11.5 Å². The fourth-order valence-electron chi connectivity index (χ4n) is 9.51. The molecule has 10 nitrogen and oxygen atoms in total. The van der Waals surface area contributed by atoms with Crippen molar-refractivity contribution in [1.82, 2.24) is 9.88 Å². The Kier molecular flexibility index (Phi) is 13.4. The van der Waals surface area contributed by atoms with Gasteiger partial charge in [0.1, 0.15) is 29.7 Å². The molecule has 4 aromatic rings. The van der Waals surface area contributed by atoms with E-state index in [1.165, 1.54) is 0 Å². The lowest BCUT2D eigenvalue weighted by Crippen LogP contribution is -2.69. The number of aliphatic hydroxyl groups excluding tert-OH is 2. The maximum atomic E-state index is 14.8. The summed E-state index contributed by atoms with van der Waals surface area (Å²) in [7, 11) is 1.83. The highest BCUT2D eigenvalue weighted by Gasteiger charge is 2.65. The molecule has 1 fully saturated rings. The molecule has 3 aliphatic rings. The highest BCUT2D eigenvalue weighted by Crippen LogP contribution is 2.62. The Hall–Kier alpha value is -5.03. The summed E-state index contributed by atoms with van der Waals surface area (Å²) in [6, 6.07) is 25.1. The number of ether oxygens (including phenoxy) is 3. The van der Waals surface area contributed by atoms with E-state index in [0.717, 1.165) is 64.7 Å². The van der Waals surface area contributed by atoms with Crippen LogP contribution in [0.2, 0.25) is 0 Å². The second-order valence-electron chi connectivity index (χ2n) is 17.5. The topological polar surface area (TPSA) is 123 Å². The van der Waals surface area contributed by atoms with Crippen LogP contribution in [0, 0.1) is 24.7 Å². The van der Waals surface area contributed by atoms with Gasteiger partial charge in [-0.15, -0.1) is 6.58 Å². The first-order valence-corrected chi connectivity index (χ1v) is 21.5. The average molecular weight is 816 g/mol. The molecular formula is C50H61N3O7. The van der Waals surface area contributed by atoms with Gasteiger partial charge in [0.15, 0.2) is 0 Å². The van der Waals surface area contributed by atoms with Crippen molar-refractivity contribution in [2.24, 2.45) is 22.9 Å². The number of hydrogen-bond donors (Lipinski definition) is 2. The largest absolute Gasteiger partial charge is 0.487 e. The average Bonchev–Trinajstić information content (AvgIpc) is 3.24. The Balaban J connectivity index is 1.41. The zero-order chi connectivity index (χ0) is 42.4. The molecule has 0 saturated heterocycles. The number of fused-ring (bicyclic) bond motifs is 3. The molecule has 6 unspecified atom stereocenters. The highest BCUT2D eigenvalue weighted by molar-refractivity contribution is 6.04. The molecule has 0 spiro atoms. The summed E-state index contributed by atoms with van der Waals surface area (Å²) < 4.78 is 20.9. The summed E-state index contributed by atoms with van der Waals surface area (Å²) >= 11 is 0. The number of benzene rings is 3. The Morgan fingerprint density at radius 3 is 2.48 bits per heavy atom. The fourth-order valence-corrected chi connectivity index (χ4v) is 9.51. The van der Waals surface area contributed by atoms with Gasteiger partial charge in [-0.05, 0) is 124 Å². The molecular weight excluding hydrogens is 755 g/mol. The lowest BCUT2D eigenvalue weighted by Gasteiger charge is -2.59. The number of carbonyl (C=O) groups is 1. The lowest BCUT2D eigenvalue weighted by molar-refractivity contribution is -0.252. The van der Waals surface area contributed by atoms with Crippen LogP contribution in [0.25, 0.3) is 10.8 Å². The first-order chi connectivity index (χ1) is 29.0. The second-order valence-corrected chi connectivity index (χ2v) is 17.5. The third kappa shape index (κ3) is 9.16. The Morgan fingerprint density at radius 1 is 0.983 bits per heavy atom. The molecule has 0 bridgehead atoms. The van der Waals surface area contributed by atoms with Gasteiger partial charge in [-0.3, -0.25) is 9.78 Å². The van der Waals surface area contributed by atoms with Crippen molar-refractivity contribution < 1.29 is 34.1 Å². The van der Waals surface area contributed by atoms with E-state index in [-0.39, 0.29) is 43.5 Å². The molecule has 3 aromatic carbocycles. The van der Waals surface area contributed by atoms with Crippen LogP contribution < -0.4 is 9.47 Å². The van der Waals surface area contributed by atoms with E-state index >= 15 is 0 Å². The maximum absolute atomic E-state index is 14.8. The molecule has 1 saturated carbocycles. The number of aromatic nitrogens is 1. The third-order valence-electron chi connectivity index (χ3n) is 12.2. The summed E-state index contributed by atoms with van der Waals surface area (Å²) in [6.07, 6.45) is 9.17. The van der Waals surface area contributed by atoms with Crippen molar-refractivity contribution in [1.29, 1.82) is 0 Å². The van der Waals surface area contributed by atoms with Gasteiger partial charge in [0.2, 0.25) is 5.79 Å². The van der Waals surface area contributed by atoms with Crippen LogP contribution in [0.4, 0.5) is 0 Å². The van der Waals surface area contributed by atoms with E-state index in [9.17, 15) is 15.0 Å². The van der Waals surface area contributed by atoms with Crippen LogP contribution >= 0.6 is 0 Å². The van der Waals surface area contributed by atoms with Gasteiger partial charge in [0, 0.05) is 49.4 Å². The second kappa shape index (κ2) is 18.7. The van der Waals surface area contributed by atoms with Crippen LogP contribution in [0.1, 0.15) is 98.9 Å². The number of likely N-dealkylation sites (N-methyl/N-ethyl adjacent to an activating group) is 1. The molecule has 6 atom stereocenters. The molecule has 60 heavy (non-hydrogen) atoms. The van der Waals surface area contributed by atoms with Crippen LogP contribution in [-0.2, 0) is 16.2 Å². The van der Waals surface area contributed by atoms with Crippen molar-refractivity contribution in [2.45, 2.75) is 103 Å². The highest BCUT2D eigenvalue weighted by atomic mass is 16.7. The number of oxime groups is 1. The number of allylic oxidation sites excluding steroid dienone is 1. The van der Waals surface area contributed by atoms with E-state index in [1.807, 2.05) is 108 Å². The molecule has 2 heterocycles. The van der Waals surface area contributed by atoms with Crippen molar-refractivity contribution >= 4 is 22.4 Å². The van der Waals surface area contributed by atoms with E-state index in [2.05, 4.69) is 23.7 Å². The predicted octanol–water partition coefficient (Wildman–Crippen LogP) is 9.33. The molecule has 2 N–H and O–H groups in total. The molecule has 1 amide bonds. The molecule has 1 aromatic heterocycles. The van der Waals surface area contributed by atoms with Gasteiger partial charge in [0.25, 0.3) is 5.91 Å². The van der Waals surface area contributed by atoms with Gasteiger partial charge >= 0.3 is 0 Å². The SMILES string of the molecule is C=CCOC12Oc3ccc(OCc4cccc(C)n4)cc3C3C(CCCCO)C(CCCCO)C=C(C(=NOC(C)(C)C)CC1N(C)C(=O)c1ccc4ccccc4c1)C32. The molecule has 1 aliphatic heterocycles. The normalized spacial score (nSPS) is 23.9. The van der Waals surface area contributed by atoms with E-state index in [1.54, 1.807) is 11.0 Å². The standard InChI is InChI=1S/C50H61N3O7/c1-7-27-58-50-45(53(6)48(56)37-22-21-34-16-8-9-17-35(34)28-37)31-43(52-60-49(3,4)5)41-29-36(18-10-12-25-54)40(20-11-13-26-55)46(47(41)50)42-30-39(23-24-44(42)59-50)57-32-38-19-14-15-33(2)51-38/h7-9,14-17,19,21-24,28-30,36,40,45-47,54-55H,1,10-13,18,20,25-27,31-32H2,2-6H3. The molecule has 7 rings (SSSR count). The summed E-state index contributed by atoms with van der Waals surface area (Å²) in [6.45, 7) is 12.7. The minimum atomic E-state index is -1.35. The first-order valence-electron chi connectivity index (χ1n) is 21.5. The van der Waals surface area contributed by atoms with Gasteiger partial charge in [-0.1, -0.05) is 66.5 Å². The van der Waals surface area contributed by atoms with Crippen LogP contribution in [0.3, 0.4) is 0 Å². The quantitative estimate of drug-likeness (QED) is 0.0615. The number of unbranched alkanes of at least 4 members (excludes halogenated alkanes) is 2. The molecule has 10 heteroatoms. The number of rotatable bonds is 17. The molecule has 0 radical (unpaired) electrons. The Bertz CT molecular complexity index is 2210. The van der Waals surface area contributed by atoms with Crippen molar-refractivity contribution in [3.63, 3.8) is 0 Å². The van der Waals surface area contributed by atoms with Gasteiger partial charge < -0.3 is 34.2 Å². The third-order valence-corrected chi connectivity index (χ3v) is 12.2. The first kappa shape index (κ1) is 43.1. The minimum Gasteiger partial charge on any atom is -0.487 e. The molecule has 2 aliphatic carbocycles. The van der Waals surface area contributed by atoms with Crippen LogP contribution in [0.15, 0.2) is 108 Å². The fraction of sp³-hybridized carbons (Fsp3) is 0.460. The van der Waals surface area contributed by atoms with Gasteiger partial charge in [-0.25, -0.2) is 0 Å². The summed E-state index contributed by atoms with van der Waals surface area (Å²) in [5, 5.41) is 26.8. The minimum absolute atomic E-state index is 0.0945. The monoisotopic (exact) mass is 815 g/mol. The van der Waals surface area contributed by atoms with E-state index < -0.39 is 23.3 Å². The van der Waals surface area contributed by atoms with Crippen molar-refractivity contribution in [2.75, 3.05) is 26.9 Å². The van der Waals surface area contributed by atoms with Gasteiger partial charge in [-0.2, -0.15) is 0 Å². The smallest absolute Gasteiger partial charge is 0.254 e. The van der Waals surface area contributed by atoms with Crippen LogP contribution in [-0.4, -0.2) is 76.0 Å².